The van der Waals surface area contributed by atoms with Crippen LogP contribution in [0.3, 0.4) is 0 Å². The normalized spacial score (nSPS) is 18.7. The number of benzene rings is 1. The molecule has 5 N–H and O–H groups in total. The topological polar surface area (TPSA) is 166 Å². The molecule has 236 valence electrons. The number of rotatable bonds is 7. The fourth-order valence-electron chi connectivity index (χ4n) is 4.65. The van der Waals surface area contributed by atoms with Crippen LogP contribution in [0.5, 0.6) is 5.75 Å². The minimum Gasteiger partial charge on any atom is -0.487 e. The van der Waals surface area contributed by atoms with E-state index in [2.05, 4.69) is 30.7 Å². The molecule has 0 bridgehead atoms. The van der Waals surface area contributed by atoms with E-state index in [1.165, 1.54) is 6.07 Å². The Balaban J connectivity index is 0.000000566. The average molecular weight is 632 g/mol. The molecule has 18 heteroatoms. The summed E-state index contributed by atoms with van der Waals surface area (Å²) in [6.45, 7) is 0. The highest BCUT2D eigenvalue weighted by Crippen LogP contribution is 2.43. The van der Waals surface area contributed by atoms with Crippen molar-refractivity contribution in [2.75, 3.05) is 5.32 Å². The standard InChI is InChI=1S/C24H23F4N7O2.C2HF3O2/c25-20-16(24(26,27)28)4-2-5-17(20)36-15-7-10-23(11-8-15,21-34-35-22(29)37-21)13-14-3-1-6-18(31-14)32-19-9-12-30-33-19;3-2(4,5)1(6)7/h1-6,9,12,15H,7-8,10-11,13H2,(H2,29,35)(H2,30,31,32,33);(H,6,7)/t15-,23-;. The van der Waals surface area contributed by atoms with Crippen LogP contribution in [0.4, 0.5) is 42.4 Å². The highest BCUT2D eigenvalue weighted by Gasteiger charge is 2.43. The summed E-state index contributed by atoms with van der Waals surface area (Å²) >= 11 is 0. The number of aromatic nitrogens is 5. The molecule has 0 spiro atoms. The molecular weight excluding hydrogens is 607 g/mol. The Morgan fingerprint density at radius 1 is 1.07 bits per heavy atom. The third-order valence-corrected chi connectivity index (χ3v) is 6.69. The van der Waals surface area contributed by atoms with Gasteiger partial charge in [0.05, 0.1) is 17.1 Å². The lowest BCUT2D eigenvalue weighted by molar-refractivity contribution is -0.192. The highest BCUT2D eigenvalue weighted by molar-refractivity contribution is 5.73. The molecule has 3 aromatic heterocycles. The summed E-state index contributed by atoms with van der Waals surface area (Å²) in [5, 5.41) is 31.5. The molecule has 0 saturated heterocycles. The van der Waals surface area contributed by atoms with E-state index in [0.29, 0.717) is 55.7 Å². The molecule has 5 rings (SSSR count). The zero-order chi connectivity index (χ0) is 32.1. The molecule has 0 aliphatic heterocycles. The molecule has 1 saturated carbocycles. The number of anilines is 2. The molecule has 1 aromatic carbocycles. The van der Waals surface area contributed by atoms with E-state index < -0.39 is 47.0 Å². The molecule has 0 atom stereocenters. The van der Waals surface area contributed by atoms with Crippen molar-refractivity contribution in [3.63, 3.8) is 0 Å². The zero-order valence-corrected chi connectivity index (χ0v) is 22.4. The number of aromatic amines is 2. The van der Waals surface area contributed by atoms with Crippen molar-refractivity contribution in [3.8, 4) is 5.75 Å². The fourth-order valence-corrected chi connectivity index (χ4v) is 4.65. The van der Waals surface area contributed by atoms with Crippen molar-refractivity contribution in [1.29, 1.82) is 5.41 Å². The van der Waals surface area contributed by atoms with Gasteiger partial charge in [-0.1, -0.05) is 12.1 Å². The van der Waals surface area contributed by atoms with Gasteiger partial charge in [0.1, 0.15) is 5.82 Å². The van der Waals surface area contributed by atoms with Crippen LogP contribution in [0.15, 0.2) is 53.1 Å². The number of nitrogens with one attached hydrogen (secondary N) is 4. The van der Waals surface area contributed by atoms with Gasteiger partial charge >= 0.3 is 24.0 Å². The number of alkyl halides is 6. The van der Waals surface area contributed by atoms with Crippen molar-refractivity contribution >= 4 is 17.6 Å². The summed E-state index contributed by atoms with van der Waals surface area (Å²) in [4.78, 5) is 13.6. The quantitative estimate of drug-likeness (QED) is 0.164. The number of halogens is 7. The predicted octanol–water partition coefficient (Wildman–Crippen LogP) is 5.64. The number of H-pyrrole nitrogens is 2. The maximum absolute atomic E-state index is 14.5. The molecule has 44 heavy (non-hydrogen) atoms. The monoisotopic (exact) mass is 631 g/mol. The van der Waals surface area contributed by atoms with Crippen molar-refractivity contribution in [2.45, 2.75) is 56.0 Å². The van der Waals surface area contributed by atoms with Gasteiger partial charge in [-0.25, -0.2) is 24.7 Å². The second kappa shape index (κ2) is 12.8. The first-order valence-corrected chi connectivity index (χ1v) is 12.8. The van der Waals surface area contributed by atoms with Gasteiger partial charge in [-0.15, -0.1) is 5.10 Å². The van der Waals surface area contributed by atoms with Crippen LogP contribution in [0.1, 0.15) is 42.8 Å². The first-order chi connectivity index (χ1) is 20.7. The molecule has 4 aromatic rings. The van der Waals surface area contributed by atoms with E-state index >= 15 is 0 Å². The first kappa shape index (κ1) is 32.0. The van der Waals surface area contributed by atoms with Crippen molar-refractivity contribution < 1.29 is 49.8 Å². The van der Waals surface area contributed by atoms with Crippen LogP contribution in [0.2, 0.25) is 0 Å². The third-order valence-electron chi connectivity index (χ3n) is 6.69. The van der Waals surface area contributed by atoms with Gasteiger partial charge in [-0.2, -0.15) is 31.4 Å². The number of carbonyl (C=O) groups is 1. The number of ether oxygens (including phenoxy) is 1. The van der Waals surface area contributed by atoms with E-state index in [1.54, 1.807) is 18.3 Å². The lowest BCUT2D eigenvalue weighted by atomic mass is 9.70. The SMILES string of the molecule is N=c1[nH]nc([C@]2(Cc3cccc(Nc4cc[nH]n4)n3)CC[C@@H](Oc3cccc(C(F)(F)F)c3F)CC2)o1.O=C(O)C(F)(F)F. The Labute approximate surface area is 243 Å². The Kier molecular flexibility index (Phi) is 9.29. The number of carboxylic acid groups (broad SMARTS) is 1. The van der Waals surface area contributed by atoms with Gasteiger partial charge in [0.2, 0.25) is 5.89 Å². The van der Waals surface area contributed by atoms with Crippen LogP contribution in [0, 0.1) is 11.2 Å². The molecule has 0 radical (unpaired) electrons. The first-order valence-electron chi connectivity index (χ1n) is 12.8. The summed E-state index contributed by atoms with van der Waals surface area (Å²) in [6.07, 6.45) is -6.50. The molecule has 1 aliphatic rings. The van der Waals surface area contributed by atoms with Crippen molar-refractivity contribution in [3.05, 3.63) is 77.3 Å². The maximum Gasteiger partial charge on any atom is 0.490 e. The zero-order valence-electron chi connectivity index (χ0n) is 22.4. The van der Waals surface area contributed by atoms with Gasteiger partial charge in [-0.3, -0.25) is 5.10 Å². The van der Waals surface area contributed by atoms with Crippen molar-refractivity contribution in [2.24, 2.45) is 0 Å². The van der Waals surface area contributed by atoms with Crippen molar-refractivity contribution in [1.82, 2.24) is 25.4 Å². The lowest BCUT2D eigenvalue weighted by Gasteiger charge is -2.37. The van der Waals surface area contributed by atoms with Crippen LogP contribution in [-0.4, -0.2) is 48.7 Å². The van der Waals surface area contributed by atoms with Crippen LogP contribution in [-0.2, 0) is 22.8 Å². The summed E-state index contributed by atoms with van der Waals surface area (Å²) < 4.78 is 96.7. The molecule has 1 aliphatic carbocycles. The Hall–Kier alpha value is -4.90. The highest BCUT2D eigenvalue weighted by atomic mass is 19.4. The van der Waals surface area contributed by atoms with Crippen LogP contribution >= 0.6 is 0 Å². The smallest absolute Gasteiger partial charge is 0.487 e. The lowest BCUT2D eigenvalue weighted by Crippen LogP contribution is -2.38. The van der Waals surface area contributed by atoms with Gasteiger partial charge in [0.25, 0.3) is 0 Å². The van der Waals surface area contributed by atoms with E-state index in [4.69, 9.17) is 24.5 Å². The van der Waals surface area contributed by atoms with E-state index in [-0.39, 0.29) is 5.68 Å². The minimum absolute atomic E-state index is 0.194. The fraction of sp³-hybridized carbons (Fsp3) is 0.346. The second-order valence-corrected chi connectivity index (χ2v) is 9.75. The minimum atomic E-state index is -5.08. The molecule has 3 heterocycles. The number of hydrogen-bond acceptors (Lipinski definition) is 8. The number of carboxylic acids is 1. The van der Waals surface area contributed by atoms with Gasteiger partial charge in [0.15, 0.2) is 17.4 Å². The summed E-state index contributed by atoms with van der Waals surface area (Å²) in [5.74, 6) is -3.06. The summed E-state index contributed by atoms with van der Waals surface area (Å²) in [7, 11) is 0. The van der Waals surface area contributed by atoms with Crippen LogP contribution in [0.25, 0.3) is 0 Å². The Morgan fingerprint density at radius 3 is 2.32 bits per heavy atom. The number of hydrogen-bond donors (Lipinski definition) is 5. The largest absolute Gasteiger partial charge is 0.490 e. The second-order valence-electron chi connectivity index (χ2n) is 9.75. The summed E-state index contributed by atoms with van der Waals surface area (Å²) in [5.41, 5.74) is -1.45. The van der Waals surface area contributed by atoms with Gasteiger partial charge in [0, 0.05) is 24.4 Å². The maximum atomic E-state index is 14.5. The number of aliphatic carboxylic acids is 1. The molecule has 0 amide bonds. The number of nitrogens with zero attached hydrogens (tertiary/aromatic N) is 3. The molecule has 11 nitrogen and oxygen atoms in total. The third kappa shape index (κ3) is 7.93. The Morgan fingerprint density at radius 2 is 1.75 bits per heavy atom. The number of pyridine rings is 1. The van der Waals surface area contributed by atoms with E-state index in [0.717, 1.165) is 11.8 Å². The molecule has 1 fully saturated rings. The van der Waals surface area contributed by atoms with Gasteiger partial charge < -0.3 is 19.6 Å². The molecular formula is C26H24F7N7O4. The average Bonchev–Trinajstić information content (AvgIpc) is 3.62. The Bertz CT molecular complexity index is 1610. The van der Waals surface area contributed by atoms with E-state index in [1.807, 2.05) is 12.1 Å². The van der Waals surface area contributed by atoms with Gasteiger partial charge in [-0.05, 0) is 49.9 Å². The van der Waals surface area contributed by atoms with E-state index in [9.17, 15) is 30.7 Å². The predicted molar refractivity (Wildman–Crippen MR) is 136 cm³/mol. The summed E-state index contributed by atoms with van der Waals surface area (Å²) in [6, 6.07) is 10.3. The molecule has 0 unspecified atom stereocenters. The van der Waals surface area contributed by atoms with Crippen LogP contribution < -0.4 is 15.7 Å².